The number of hydrogen-bond acceptors (Lipinski definition) is 5. The Labute approximate surface area is 164 Å². The van der Waals surface area contributed by atoms with Crippen molar-refractivity contribution < 1.29 is 23.5 Å². The monoisotopic (exact) mass is 386 g/mol. The highest BCUT2D eigenvalue weighted by molar-refractivity contribution is 5.93. The zero-order valence-electron chi connectivity index (χ0n) is 16.5. The number of hydrogen-bond donors (Lipinski definition) is 0. The molecular formula is C21H26N2O5. The number of morpholine rings is 1. The molecule has 0 saturated carbocycles. The minimum absolute atomic E-state index is 0.0404. The third-order valence-corrected chi connectivity index (χ3v) is 4.68. The third-order valence-electron chi connectivity index (χ3n) is 4.68. The zero-order chi connectivity index (χ0) is 20.1. The summed E-state index contributed by atoms with van der Waals surface area (Å²) >= 11 is 0. The van der Waals surface area contributed by atoms with Gasteiger partial charge in [0.25, 0.3) is 5.91 Å². The van der Waals surface area contributed by atoms with E-state index in [1.54, 1.807) is 19.0 Å². The highest BCUT2D eigenvalue weighted by Crippen LogP contribution is 2.22. The van der Waals surface area contributed by atoms with E-state index in [1.807, 2.05) is 43.3 Å². The molecule has 0 N–H and O–H groups in total. The standard InChI is InChI=1S/C21H26N2O5/c1-15-11-18(14-27-17-7-5-4-6-8-17)28-20(15)21(25)23-9-10-26-13-16(23)12-19(24)22(2)3/h4-8,11,16H,9-10,12-14H2,1-3H3. The van der Waals surface area contributed by atoms with Crippen molar-refractivity contribution in [1.82, 2.24) is 9.80 Å². The van der Waals surface area contributed by atoms with Gasteiger partial charge in [-0.05, 0) is 25.1 Å². The molecule has 150 valence electrons. The molecule has 28 heavy (non-hydrogen) atoms. The second-order valence-corrected chi connectivity index (χ2v) is 7.05. The van der Waals surface area contributed by atoms with Crippen LogP contribution in [0.3, 0.4) is 0 Å². The molecule has 1 aliphatic heterocycles. The van der Waals surface area contributed by atoms with E-state index >= 15 is 0 Å². The van der Waals surface area contributed by atoms with Crippen molar-refractivity contribution in [2.24, 2.45) is 0 Å². The van der Waals surface area contributed by atoms with Crippen LogP contribution in [0.25, 0.3) is 0 Å². The van der Waals surface area contributed by atoms with Crippen LogP contribution < -0.4 is 4.74 Å². The fraction of sp³-hybridized carbons (Fsp3) is 0.429. The summed E-state index contributed by atoms with van der Waals surface area (Å²) < 4.78 is 17.0. The van der Waals surface area contributed by atoms with E-state index in [9.17, 15) is 9.59 Å². The van der Waals surface area contributed by atoms with Crippen LogP contribution in [-0.2, 0) is 16.1 Å². The van der Waals surface area contributed by atoms with Gasteiger partial charge in [-0.3, -0.25) is 9.59 Å². The Balaban J connectivity index is 1.70. The van der Waals surface area contributed by atoms with Gasteiger partial charge in [-0.2, -0.15) is 0 Å². The molecule has 1 aromatic heterocycles. The summed E-state index contributed by atoms with van der Waals surface area (Å²) in [6.45, 7) is 3.30. The van der Waals surface area contributed by atoms with Gasteiger partial charge in [0.1, 0.15) is 18.1 Å². The number of carbonyl (C=O) groups is 2. The minimum Gasteiger partial charge on any atom is -0.486 e. The Morgan fingerprint density at radius 1 is 1.25 bits per heavy atom. The van der Waals surface area contributed by atoms with Gasteiger partial charge in [0, 0.05) is 32.6 Å². The van der Waals surface area contributed by atoms with Crippen LogP contribution in [0, 0.1) is 6.92 Å². The second-order valence-electron chi connectivity index (χ2n) is 7.05. The fourth-order valence-corrected chi connectivity index (χ4v) is 3.11. The molecule has 7 nitrogen and oxygen atoms in total. The van der Waals surface area contributed by atoms with Crippen LogP contribution >= 0.6 is 0 Å². The average molecular weight is 386 g/mol. The smallest absolute Gasteiger partial charge is 0.290 e. The summed E-state index contributed by atoms with van der Waals surface area (Å²) in [7, 11) is 3.40. The van der Waals surface area contributed by atoms with Gasteiger partial charge in [0.2, 0.25) is 5.91 Å². The Hall–Kier alpha value is -2.80. The normalized spacial score (nSPS) is 16.7. The summed E-state index contributed by atoms with van der Waals surface area (Å²) in [5.74, 6) is 1.35. The van der Waals surface area contributed by atoms with Crippen LogP contribution in [-0.4, -0.2) is 61.5 Å². The van der Waals surface area contributed by atoms with E-state index in [-0.39, 0.29) is 36.6 Å². The van der Waals surface area contributed by atoms with Crippen molar-refractivity contribution in [2.45, 2.75) is 26.0 Å². The van der Waals surface area contributed by atoms with Gasteiger partial charge < -0.3 is 23.7 Å². The number of aryl methyl sites for hydroxylation is 1. The maximum absolute atomic E-state index is 13.1. The number of benzene rings is 1. The van der Waals surface area contributed by atoms with Crippen molar-refractivity contribution in [3.63, 3.8) is 0 Å². The van der Waals surface area contributed by atoms with Crippen LogP contribution in [0.5, 0.6) is 5.75 Å². The first kappa shape index (κ1) is 19.9. The highest BCUT2D eigenvalue weighted by Gasteiger charge is 2.32. The number of amides is 2. The molecular weight excluding hydrogens is 360 g/mol. The van der Waals surface area contributed by atoms with Gasteiger partial charge in [-0.1, -0.05) is 18.2 Å². The van der Waals surface area contributed by atoms with Gasteiger partial charge in [0.15, 0.2) is 5.76 Å². The minimum atomic E-state index is -0.301. The molecule has 1 fully saturated rings. The Kier molecular flexibility index (Phi) is 6.36. The molecule has 0 aliphatic carbocycles. The van der Waals surface area contributed by atoms with Gasteiger partial charge in [0.05, 0.1) is 19.3 Å². The van der Waals surface area contributed by atoms with Crippen LogP contribution in [0.4, 0.5) is 0 Å². The lowest BCUT2D eigenvalue weighted by atomic mass is 10.1. The lowest BCUT2D eigenvalue weighted by Crippen LogP contribution is -2.50. The largest absolute Gasteiger partial charge is 0.486 e. The number of nitrogens with zero attached hydrogens (tertiary/aromatic N) is 2. The predicted molar refractivity (Wildman–Crippen MR) is 103 cm³/mol. The summed E-state index contributed by atoms with van der Waals surface area (Å²) in [6.07, 6.45) is 0.225. The molecule has 1 unspecified atom stereocenters. The van der Waals surface area contributed by atoms with E-state index in [4.69, 9.17) is 13.9 Å². The van der Waals surface area contributed by atoms with Crippen LogP contribution in [0.2, 0.25) is 0 Å². The molecule has 0 radical (unpaired) electrons. The molecule has 3 rings (SSSR count). The first-order chi connectivity index (χ1) is 13.5. The topological polar surface area (TPSA) is 72.2 Å². The quantitative estimate of drug-likeness (QED) is 0.763. The lowest BCUT2D eigenvalue weighted by Gasteiger charge is -2.35. The molecule has 1 atom stereocenters. The molecule has 1 aliphatic rings. The predicted octanol–water partition coefficient (Wildman–Crippen LogP) is 2.49. The van der Waals surface area contributed by atoms with Crippen molar-refractivity contribution in [1.29, 1.82) is 0 Å². The molecule has 1 aromatic carbocycles. The van der Waals surface area contributed by atoms with E-state index in [0.29, 0.717) is 25.5 Å². The fourth-order valence-electron chi connectivity index (χ4n) is 3.11. The Morgan fingerprint density at radius 2 is 2.00 bits per heavy atom. The summed E-state index contributed by atoms with van der Waals surface area (Å²) in [4.78, 5) is 28.4. The number of carbonyl (C=O) groups excluding carboxylic acids is 2. The average Bonchev–Trinajstić information content (AvgIpc) is 3.07. The number of rotatable bonds is 6. The Morgan fingerprint density at radius 3 is 2.71 bits per heavy atom. The first-order valence-electron chi connectivity index (χ1n) is 9.31. The van der Waals surface area contributed by atoms with E-state index < -0.39 is 0 Å². The highest BCUT2D eigenvalue weighted by atomic mass is 16.5. The van der Waals surface area contributed by atoms with E-state index in [0.717, 1.165) is 11.3 Å². The van der Waals surface area contributed by atoms with E-state index in [2.05, 4.69) is 0 Å². The summed E-state index contributed by atoms with van der Waals surface area (Å²) in [5.41, 5.74) is 0.751. The maximum atomic E-state index is 13.1. The van der Waals surface area contributed by atoms with Crippen LogP contribution in [0.1, 0.15) is 28.3 Å². The van der Waals surface area contributed by atoms with Crippen LogP contribution in [0.15, 0.2) is 40.8 Å². The summed E-state index contributed by atoms with van der Waals surface area (Å²) in [6, 6.07) is 10.9. The van der Waals surface area contributed by atoms with Crippen molar-refractivity contribution in [2.75, 3.05) is 33.9 Å². The first-order valence-corrected chi connectivity index (χ1v) is 9.31. The van der Waals surface area contributed by atoms with Gasteiger partial charge >= 0.3 is 0 Å². The molecule has 2 heterocycles. The molecule has 0 bridgehead atoms. The molecule has 2 aromatic rings. The number of ether oxygens (including phenoxy) is 2. The van der Waals surface area contributed by atoms with Crippen molar-refractivity contribution in [3.8, 4) is 5.75 Å². The van der Waals surface area contributed by atoms with E-state index in [1.165, 1.54) is 4.90 Å². The second kappa shape index (κ2) is 8.93. The maximum Gasteiger partial charge on any atom is 0.290 e. The molecule has 7 heteroatoms. The van der Waals surface area contributed by atoms with Crippen molar-refractivity contribution in [3.05, 3.63) is 53.5 Å². The molecule has 2 amide bonds. The molecule has 0 spiro atoms. The zero-order valence-corrected chi connectivity index (χ0v) is 16.5. The van der Waals surface area contributed by atoms with Gasteiger partial charge in [-0.15, -0.1) is 0 Å². The lowest BCUT2D eigenvalue weighted by molar-refractivity contribution is -0.131. The number of furan rings is 1. The third kappa shape index (κ3) is 4.72. The Bertz CT molecular complexity index is 815. The van der Waals surface area contributed by atoms with Gasteiger partial charge in [-0.25, -0.2) is 0 Å². The summed E-state index contributed by atoms with van der Waals surface area (Å²) in [5, 5.41) is 0. The SMILES string of the molecule is Cc1cc(COc2ccccc2)oc1C(=O)N1CCOCC1CC(=O)N(C)C. The molecule has 1 saturated heterocycles. The van der Waals surface area contributed by atoms with Crippen molar-refractivity contribution >= 4 is 11.8 Å². The number of para-hydroxylation sites is 1.